The van der Waals surface area contributed by atoms with Gasteiger partial charge in [0.25, 0.3) is 0 Å². The molecule has 2 rings (SSSR count). The molecular weight excluding hydrogens is 302 g/mol. The molecule has 0 aliphatic carbocycles. The Hall–Kier alpha value is -2.34. The average molecular weight is 319 g/mol. The molecule has 1 aromatic heterocycles. The van der Waals surface area contributed by atoms with Crippen LogP contribution in [0.25, 0.3) is 0 Å². The summed E-state index contributed by atoms with van der Waals surface area (Å²) < 4.78 is 5.07. The number of aryl methyl sites for hydroxylation is 1. The highest BCUT2D eigenvalue weighted by Gasteiger charge is 2.05. The molecule has 6 heteroatoms. The number of rotatable bonds is 8. The van der Waals surface area contributed by atoms with Gasteiger partial charge in [-0.15, -0.1) is 11.3 Å². The topological polar surface area (TPSA) is 75.6 Å². The number of amides is 1. The standard InChI is InChI=1S/C16H17NO4S/c18-15(8-2-6-14-7-3-9-22-14)17-12-4-1-5-13(10-12)21-11-16(19)20/h1,3-5,7,9-10H,2,6,8,11H2,(H,17,18)(H,19,20). The van der Waals surface area contributed by atoms with Crippen molar-refractivity contribution in [2.24, 2.45) is 0 Å². The van der Waals surface area contributed by atoms with Gasteiger partial charge in [-0.3, -0.25) is 4.79 Å². The summed E-state index contributed by atoms with van der Waals surface area (Å²) in [5, 5.41) is 13.4. The molecule has 1 heterocycles. The van der Waals surface area contributed by atoms with Gasteiger partial charge in [0.15, 0.2) is 6.61 Å². The highest BCUT2D eigenvalue weighted by Crippen LogP contribution is 2.18. The first kappa shape index (κ1) is 16.0. The van der Waals surface area contributed by atoms with E-state index in [1.807, 2.05) is 11.4 Å². The van der Waals surface area contributed by atoms with Crippen molar-refractivity contribution in [1.82, 2.24) is 0 Å². The Bertz CT molecular complexity index is 625. The van der Waals surface area contributed by atoms with Crippen molar-refractivity contribution in [3.63, 3.8) is 0 Å². The van der Waals surface area contributed by atoms with Gasteiger partial charge in [0, 0.05) is 23.1 Å². The molecule has 0 aliphatic rings. The average Bonchev–Trinajstić information content (AvgIpc) is 2.99. The molecule has 5 nitrogen and oxygen atoms in total. The molecule has 2 N–H and O–H groups in total. The Labute approximate surface area is 132 Å². The van der Waals surface area contributed by atoms with Gasteiger partial charge in [0.05, 0.1) is 0 Å². The van der Waals surface area contributed by atoms with Crippen molar-refractivity contribution in [2.75, 3.05) is 11.9 Å². The van der Waals surface area contributed by atoms with Crippen molar-refractivity contribution in [1.29, 1.82) is 0 Å². The fourth-order valence-corrected chi connectivity index (χ4v) is 2.66. The fourth-order valence-electron chi connectivity index (χ4n) is 1.91. The van der Waals surface area contributed by atoms with Crippen LogP contribution in [0.2, 0.25) is 0 Å². The van der Waals surface area contributed by atoms with E-state index in [2.05, 4.69) is 11.4 Å². The molecule has 0 unspecified atom stereocenters. The Morgan fingerprint density at radius 2 is 2.09 bits per heavy atom. The van der Waals surface area contributed by atoms with E-state index in [4.69, 9.17) is 9.84 Å². The fraction of sp³-hybridized carbons (Fsp3) is 0.250. The summed E-state index contributed by atoms with van der Waals surface area (Å²) in [6.45, 7) is -0.405. The number of carboxylic acids is 1. The molecule has 0 atom stereocenters. The lowest BCUT2D eigenvalue weighted by molar-refractivity contribution is -0.139. The van der Waals surface area contributed by atoms with Gasteiger partial charge in [-0.25, -0.2) is 4.79 Å². The molecule has 1 amide bonds. The molecule has 0 aliphatic heterocycles. The summed E-state index contributed by atoms with van der Waals surface area (Å²) in [7, 11) is 0. The van der Waals surface area contributed by atoms with Crippen LogP contribution in [0.1, 0.15) is 17.7 Å². The lowest BCUT2D eigenvalue weighted by atomic mass is 10.2. The normalized spacial score (nSPS) is 10.2. The lowest BCUT2D eigenvalue weighted by Crippen LogP contribution is -2.12. The summed E-state index contributed by atoms with van der Waals surface area (Å²) in [4.78, 5) is 23.6. The van der Waals surface area contributed by atoms with E-state index < -0.39 is 12.6 Å². The van der Waals surface area contributed by atoms with E-state index >= 15 is 0 Å². The number of ether oxygens (including phenoxy) is 1. The van der Waals surface area contributed by atoms with Gasteiger partial charge in [-0.1, -0.05) is 12.1 Å². The van der Waals surface area contributed by atoms with Gasteiger partial charge >= 0.3 is 5.97 Å². The second-order valence-electron chi connectivity index (χ2n) is 4.69. The second-order valence-corrected chi connectivity index (χ2v) is 5.72. The van der Waals surface area contributed by atoms with Crippen LogP contribution in [-0.2, 0) is 16.0 Å². The zero-order valence-corrected chi connectivity index (χ0v) is 12.8. The Morgan fingerprint density at radius 3 is 2.82 bits per heavy atom. The number of carbonyl (C=O) groups is 2. The van der Waals surface area contributed by atoms with Crippen molar-refractivity contribution in [2.45, 2.75) is 19.3 Å². The van der Waals surface area contributed by atoms with Gasteiger partial charge < -0.3 is 15.2 Å². The number of benzene rings is 1. The summed E-state index contributed by atoms with van der Waals surface area (Å²) in [6.07, 6.45) is 2.13. The van der Waals surface area contributed by atoms with Gasteiger partial charge in [0.2, 0.25) is 5.91 Å². The first-order valence-electron chi connectivity index (χ1n) is 6.90. The van der Waals surface area contributed by atoms with Crippen LogP contribution in [0.3, 0.4) is 0 Å². The molecule has 0 fully saturated rings. The number of hydrogen-bond donors (Lipinski definition) is 2. The summed E-state index contributed by atoms with van der Waals surface area (Å²) in [5.74, 6) is -0.686. The molecular formula is C16H17NO4S. The molecule has 1 aromatic carbocycles. The maximum absolute atomic E-state index is 11.9. The first-order chi connectivity index (χ1) is 10.6. The molecule has 22 heavy (non-hydrogen) atoms. The van der Waals surface area contributed by atoms with Crippen LogP contribution in [0, 0.1) is 0 Å². The minimum Gasteiger partial charge on any atom is -0.482 e. The smallest absolute Gasteiger partial charge is 0.341 e. The molecule has 0 spiro atoms. The van der Waals surface area contributed by atoms with Crippen molar-refractivity contribution in [3.8, 4) is 5.75 Å². The van der Waals surface area contributed by atoms with Crippen LogP contribution in [0.4, 0.5) is 5.69 Å². The third-order valence-corrected chi connectivity index (χ3v) is 3.82. The van der Waals surface area contributed by atoms with Crippen molar-refractivity contribution in [3.05, 3.63) is 46.7 Å². The van der Waals surface area contributed by atoms with E-state index in [0.717, 1.165) is 12.8 Å². The largest absolute Gasteiger partial charge is 0.482 e. The predicted octanol–water partition coefficient (Wildman–Crippen LogP) is 3.17. The molecule has 2 aromatic rings. The molecule has 0 bridgehead atoms. The minimum atomic E-state index is -1.04. The first-order valence-corrected chi connectivity index (χ1v) is 7.78. The lowest BCUT2D eigenvalue weighted by Gasteiger charge is -2.08. The Balaban J connectivity index is 1.78. The predicted molar refractivity (Wildman–Crippen MR) is 85.5 cm³/mol. The highest BCUT2D eigenvalue weighted by molar-refractivity contribution is 7.09. The Kier molecular flexibility index (Phi) is 5.97. The van der Waals surface area contributed by atoms with Crippen LogP contribution >= 0.6 is 11.3 Å². The van der Waals surface area contributed by atoms with E-state index in [1.54, 1.807) is 35.6 Å². The van der Waals surface area contributed by atoms with E-state index in [1.165, 1.54) is 4.88 Å². The molecule has 0 saturated heterocycles. The number of hydrogen-bond acceptors (Lipinski definition) is 4. The number of carbonyl (C=O) groups excluding carboxylic acids is 1. The number of aliphatic carboxylic acids is 1. The van der Waals surface area contributed by atoms with Gasteiger partial charge in [-0.2, -0.15) is 0 Å². The van der Waals surface area contributed by atoms with Crippen molar-refractivity contribution >= 4 is 28.9 Å². The zero-order chi connectivity index (χ0) is 15.8. The number of thiophene rings is 1. The molecule has 0 radical (unpaired) electrons. The maximum atomic E-state index is 11.9. The van der Waals surface area contributed by atoms with Gasteiger partial charge in [0.1, 0.15) is 5.75 Å². The summed E-state index contributed by atoms with van der Waals surface area (Å²) in [6, 6.07) is 10.8. The summed E-state index contributed by atoms with van der Waals surface area (Å²) in [5.41, 5.74) is 0.601. The van der Waals surface area contributed by atoms with Crippen LogP contribution in [0.15, 0.2) is 41.8 Å². The van der Waals surface area contributed by atoms with E-state index in [9.17, 15) is 9.59 Å². The highest BCUT2D eigenvalue weighted by atomic mass is 32.1. The minimum absolute atomic E-state index is 0.0630. The number of nitrogens with one attached hydrogen (secondary N) is 1. The summed E-state index contributed by atoms with van der Waals surface area (Å²) >= 11 is 1.69. The van der Waals surface area contributed by atoms with Crippen LogP contribution in [0.5, 0.6) is 5.75 Å². The third-order valence-electron chi connectivity index (χ3n) is 2.89. The molecule has 0 saturated carbocycles. The third kappa shape index (κ3) is 5.57. The second kappa shape index (κ2) is 8.19. The van der Waals surface area contributed by atoms with Gasteiger partial charge in [-0.05, 0) is 36.4 Å². The number of anilines is 1. The van der Waals surface area contributed by atoms with Crippen molar-refractivity contribution < 1.29 is 19.4 Å². The van der Waals surface area contributed by atoms with Crippen LogP contribution in [-0.4, -0.2) is 23.6 Å². The quantitative estimate of drug-likeness (QED) is 0.783. The van der Waals surface area contributed by atoms with E-state index in [-0.39, 0.29) is 5.91 Å². The molecule has 116 valence electrons. The van der Waals surface area contributed by atoms with E-state index in [0.29, 0.717) is 17.9 Å². The maximum Gasteiger partial charge on any atom is 0.341 e. The number of carboxylic acid groups (broad SMARTS) is 1. The monoisotopic (exact) mass is 319 g/mol. The van der Waals surface area contributed by atoms with Crippen LogP contribution < -0.4 is 10.1 Å². The zero-order valence-electron chi connectivity index (χ0n) is 12.0. The SMILES string of the molecule is O=C(O)COc1cccc(NC(=O)CCCc2cccs2)c1. The Morgan fingerprint density at radius 1 is 1.23 bits per heavy atom.